The van der Waals surface area contributed by atoms with Crippen LogP contribution in [0.3, 0.4) is 0 Å². The number of carbonyl (C=O) groups excluding carboxylic acids is 1. The van der Waals surface area contributed by atoms with E-state index in [-0.39, 0.29) is 5.91 Å². The molecule has 1 aliphatic rings. The summed E-state index contributed by atoms with van der Waals surface area (Å²) in [6.07, 6.45) is 5.02. The molecule has 1 amide bonds. The lowest BCUT2D eigenvalue weighted by Gasteiger charge is -2.27. The number of amides is 1. The van der Waals surface area contributed by atoms with Crippen molar-refractivity contribution in [3.63, 3.8) is 0 Å². The van der Waals surface area contributed by atoms with Crippen LogP contribution in [0.15, 0.2) is 0 Å². The van der Waals surface area contributed by atoms with Gasteiger partial charge in [-0.25, -0.2) is 0 Å². The van der Waals surface area contributed by atoms with Gasteiger partial charge in [0.15, 0.2) is 0 Å². The molecule has 4 heteroatoms. The minimum absolute atomic E-state index is 0.0785. The van der Waals surface area contributed by atoms with Crippen molar-refractivity contribution in [1.29, 1.82) is 5.26 Å². The zero-order chi connectivity index (χ0) is 14.1. The molecule has 1 aliphatic heterocycles. The third-order valence-corrected chi connectivity index (χ3v) is 3.89. The van der Waals surface area contributed by atoms with Crippen molar-refractivity contribution in [2.45, 2.75) is 52.4 Å². The molecule has 0 unspecified atom stereocenters. The van der Waals surface area contributed by atoms with Crippen molar-refractivity contribution in [3.8, 4) is 6.07 Å². The van der Waals surface area contributed by atoms with Crippen LogP contribution in [0.1, 0.15) is 52.4 Å². The van der Waals surface area contributed by atoms with Gasteiger partial charge in [0, 0.05) is 19.8 Å². The van der Waals surface area contributed by atoms with Gasteiger partial charge in [0.25, 0.3) is 0 Å². The summed E-state index contributed by atoms with van der Waals surface area (Å²) < 4.78 is 5.31. The second-order valence-electron chi connectivity index (χ2n) is 5.46. The van der Waals surface area contributed by atoms with E-state index in [1.165, 1.54) is 0 Å². The Hall–Kier alpha value is -1.08. The molecule has 1 N–H and O–H groups in total. The molecule has 0 spiro atoms. The fourth-order valence-corrected chi connectivity index (χ4v) is 2.72. The summed E-state index contributed by atoms with van der Waals surface area (Å²) in [6.45, 7) is 6.29. The first kappa shape index (κ1) is 16.0. The maximum absolute atomic E-state index is 12.4. The lowest BCUT2D eigenvalue weighted by Crippen LogP contribution is -2.42. The van der Waals surface area contributed by atoms with E-state index < -0.39 is 5.41 Å². The molecule has 108 valence electrons. The van der Waals surface area contributed by atoms with Gasteiger partial charge < -0.3 is 10.1 Å². The predicted molar refractivity (Wildman–Crippen MR) is 74.4 cm³/mol. The van der Waals surface area contributed by atoms with E-state index in [9.17, 15) is 10.1 Å². The summed E-state index contributed by atoms with van der Waals surface area (Å²) >= 11 is 0. The highest BCUT2D eigenvalue weighted by Crippen LogP contribution is 2.29. The monoisotopic (exact) mass is 266 g/mol. The van der Waals surface area contributed by atoms with Gasteiger partial charge >= 0.3 is 0 Å². The molecule has 0 atom stereocenters. The maximum atomic E-state index is 12.4. The summed E-state index contributed by atoms with van der Waals surface area (Å²) in [5.41, 5.74) is -0.825. The van der Waals surface area contributed by atoms with Gasteiger partial charge in [0.05, 0.1) is 6.07 Å². The fourth-order valence-electron chi connectivity index (χ4n) is 2.72. The van der Waals surface area contributed by atoms with E-state index in [4.69, 9.17) is 4.74 Å². The number of ether oxygens (including phenoxy) is 1. The Morgan fingerprint density at radius 2 is 1.89 bits per heavy atom. The van der Waals surface area contributed by atoms with Crippen LogP contribution in [0.5, 0.6) is 0 Å². The summed E-state index contributed by atoms with van der Waals surface area (Å²) in [5, 5.41) is 12.4. The first-order valence-electron chi connectivity index (χ1n) is 7.45. The molecule has 1 heterocycles. The van der Waals surface area contributed by atoms with E-state index >= 15 is 0 Å². The number of hydrogen-bond donors (Lipinski definition) is 1. The molecule has 0 radical (unpaired) electrons. The molecule has 1 fully saturated rings. The molecule has 0 aromatic rings. The first-order valence-corrected chi connectivity index (χ1v) is 7.45. The SMILES string of the molecule is CCCC(C#N)(CCC)C(=O)NCC1CCOCC1. The molecule has 1 saturated heterocycles. The van der Waals surface area contributed by atoms with Crippen LogP contribution < -0.4 is 5.32 Å². The first-order chi connectivity index (χ1) is 9.18. The van der Waals surface area contributed by atoms with E-state index in [1.54, 1.807) is 0 Å². The van der Waals surface area contributed by atoms with E-state index in [2.05, 4.69) is 11.4 Å². The van der Waals surface area contributed by atoms with Crippen molar-refractivity contribution in [2.75, 3.05) is 19.8 Å². The third kappa shape index (κ3) is 4.50. The zero-order valence-electron chi connectivity index (χ0n) is 12.2. The number of nitrogens with zero attached hydrogens (tertiary/aromatic N) is 1. The van der Waals surface area contributed by atoms with Gasteiger partial charge in [-0.1, -0.05) is 26.7 Å². The van der Waals surface area contributed by atoms with Crippen LogP contribution in [-0.2, 0) is 9.53 Å². The van der Waals surface area contributed by atoms with Crippen molar-refractivity contribution < 1.29 is 9.53 Å². The molecule has 1 rings (SSSR count). The quantitative estimate of drug-likeness (QED) is 0.770. The van der Waals surface area contributed by atoms with Crippen LogP contribution >= 0.6 is 0 Å². The van der Waals surface area contributed by atoms with Gasteiger partial charge in [-0.2, -0.15) is 5.26 Å². The number of nitriles is 1. The summed E-state index contributed by atoms with van der Waals surface area (Å²) in [4.78, 5) is 12.4. The lowest BCUT2D eigenvalue weighted by atomic mass is 9.79. The van der Waals surface area contributed by atoms with Crippen molar-refractivity contribution in [2.24, 2.45) is 11.3 Å². The summed E-state index contributed by atoms with van der Waals surface area (Å²) in [6, 6.07) is 2.27. The Morgan fingerprint density at radius 3 is 2.37 bits per heavy atom. The lowest BCUT2D eigenvalue weighted by molar-refractivity contribution is -0.129. The highest BCUT2D eigenvalue weighted by molar-refractivity contribution is 5.85. The summed E-state index contributed by atoms with van der Waals surface area (Å²) in [5.74, 6) is 0.419. The Labute approximate surface area is 116 Å². The Morgan fingerprint density at radius 1 is 1.32 bits per heavy atom. The molecule has 0 aliphatic carbocycles. The van der Waals surface area contributed by atoms with Crippen LogP contribution in [0, 0.1) is 22.7 Å². The molecule has 0 aromatic heterocycles. The minimum atomic E-state index is -0.825. The molecule has 0 bridgehead atoms. The number of nitrogens with one attached hydrogen (secondary N) is 1. The van der Waals surface area contributed by atoms with Crippen LogP contribution in [0.4, 0.5) is 0 Å². The average molecular weight is 266 g/mol. The van der Waals surface area contributed by atoms with E-state index in [1.807, 2.05) is 13.8 Å². The normalized spacial score (nSPS) is 16.9. The van der Waals surface area contributed by atoms with Crippen LogP contribution in [0.25, 0.3) is 0 Å². The minimum Gasteiger partial charge on any atom is -0.381 e. The highest BCUT2D eigenvalue weighted by Gasteiger charge is 2.36. The third-order valence-electron chi connectivity index (χ3n) is 3.89. The zero-order valence-corrected chi connectivity index (χ0v) is 12.2. The number of rotatable bonds is 7. The molecular weight excluding hydrogens is 240 g/mol. The molecule has 0 saturated carbocycles. The average Bonchev–Trinajstić information content (AvgIpc) is 2.45. The number of hydrogen-bond acceptors (Lipinski definition) is 3. The molecule has 19 heavy (non-hydrogen) atoms. The Balaban J connectivity index is 2.53. The topological polar surface area (TPSA) is 62.1 Å². The van der Waals surface area contributed by atoms with Gasteiger partial charge in [0.2, 0.25) is 5.91 Å². The van der Waals surface area contributed by atoms with E-state index in [0.717, 1.165) is 38.9 Å². The smallest absolute Gasteiger partial charge is 0.240 e. The maximum Gasteiger partial charge on any atom is 0.240 e. The van der Waals surface area contributed by atoms with Gasteiger partial charge in [-0.15, -0.1) is 0 Å². The van der Waals surface area contributed by atoms with Crippen molar-refractivity contribution in [3.05, 3.63) is 0 Å². The highest BCUT2D eigenvalue weighted by atomic mass is 16.5. The van der Waals surface area contributed by atoms with Gasteiger partial charge in [-0.05, 0) is 31.6 Å². The predicted octanol–water partition coefficient (Wildman–Crippen LogP) is 2.64. The van der Waals surface area contributed by atoms with Gasteiger partial charge in [-0.3, -0.25) is 4.79 Å². The van der Waals surface area contributed by atoms with Crippen molar-refractivity contribution >= 4 is 5.91 Å². The van der Waals surface area contributed by atoms with Gasteiger partial charge in [0.1, 0.15) is 5.41 Å². The second kappa shape index (κ2) is 8.16. The van der Waals surface area contributed by atoms with E-state index in [0.29, 0.717) is 25.3 Å². The molecule has 4 nitrogen and oxygen atoms in total. The Kier molecular flexibility index (Phi) is 6.86. The van der Waals surface area contributed by atoms with Crippen LogP contribution in [-0.4, -0.2) is 25.7 Å². The van der Waals surface area contributed by atoms with Crippen LogP contribution in [0.2, 0.25) is 0 Å². The fraction of sp³-hybridized carbons (Fsp3) is 0.867. The number of carbonyl (C=O) groups is 1. The Bertz CT molecular complexity index is 311. The largest absolute Gasteiger partial charge is 0.381 e. The van der Waals surface area contributed by atoms with Crippen molar-refractivity contribution in [1.82, 2.24) is 5.32 Å². The summed E-state index contributed by atoms with van der Waals surface area (Å²) in [7, 11) is 0. The molecule has 0 aromatic carbocycles. The second-order valence-corrected chi connectivity index (χ2v) is 5.46. The standard InChI is InChI=1S/C15H26N2O2/c1-3-7-15(12-16,8-4-2)14(18)17-11-13-5-9-19-10-6-13/h13H,3-11H2,1-2H3,(H,17,18). The molecular formula is C15H26N2O2.